The summed E-state index contributed by atoms with van der Waals surface area (Å²) in [7, 11) is -9.91. The van der Waals surface area contributed by atoms with E-state index in [1.807, 2.05) is 0 Å². The van der Waals surface area contributed by atoms with Gasteiger partial charge in [0.25, 0.3) is 0 Å². The first kappa shape index (κ1) is 93.1. The number of phosphoric ester groups is 2. The highest BCUT2D eigenvalue weighted by molar-refractivity contribution is 7.47. The van der Waals surface area contributed by atoms with Crippen molar-refractivity contribution in [3.63, 3.8) is 0 Å². The van der Waals surface area contributed by atoms with Crippen LogP contribution >= 0.6 is 15.6 Å². The second-order valence-electron chi connectivity index (χ2n) is 28.8. The smallest absolute Gasteiger partial charge is 0.462 e. The Labute approximate surface area is 581 Å². The van der Waals surface area contributed by atoms with Gasteiger partial charge in [0.15, 0.2) is 12.2 Å². The molecule has 0 heterocycles. The Morgan fingerprint density at radius 2 is 0.505 bits per heavy atom. The fourth-order valence-corrected chi connectivity index (χ4v) is 13.1. The van der Waals surface area contributed by atoms with Crippen LogP contribution in [-0.2, 0) is 65.4 Å². The zero-order valence-electron chi connectivity index (χ0n) is 62.3. The molecule has 3 N–H and O–H groups in total. The fourth-order valence-electron chi connectivity index (χ4n) is 11.5. The van der Waals surface area contributed by atoms with Gasteiger partial charge in [0, 0.05) is 25.7 Å². The molecule has 0 saturated heterocycles. The Bertz CT molecular complexity index is 1870. The largest absolute Gasteiger partial charge is 0.472 e. The van der Waals surface area contributed by atoms with E-state index in [4.69, 9.17) is 37.0 Å². The molecule has 0 aromatic carbocycles. The number of rotatable bonds is 73. The summed E-state index contributed by atoms with van der Waals surface area (Å²) in [4.78, 5) is 72.8. The lowest BCUT2D eigenvalue weighted by atomic mass is 9.99. The Balaban J connectivity index is 5.25. The van der Waals surface area contributed by atoms with Gasteiger partial charge in [-0.1, -0.05) is 331 Å². The molecule has 19 heteroatoms. The number of carbonyl (C=O) groups is 4. The lowest BCUT2D eigenvalue weighted by molar-refractivity contribution is -0.161. The minimum absolute atomic E-state index is 0.105. The maximum Gasteiger partial charge on any atom is 0.472 e. The average Bonchev–Trinajstić information content (AvgIpc) is 2.06. The summed E-state index contributed by atoms with van der Waals surface area (Å²) in [6.45, 7) is 14.2. The second-order valence-corrected chi connectivity index (χ2v) is 31.7. The van der Waals surface area contributed by atoms with E-state index in [0.717, 1.165) is 120 Å². The van der Waals surface area contributed by atoms with Crippen LogP contribution in [0.4, 0.5) is 0 Å². The Morgan fingerprint density at radius 1 is 0.295 bits per heavy atom. The summed E-state index contributed by atoms with van der Waals surface area (Å²) < 4.78 is 68.5. The van der Waals surface area contributed by atoms with Gasteiger partial charge in [-0.25, -0.2) is 9.13 Å². The molecule has 0 saturated carbocycles. The zero-order chi connectivity index (χ0) is 70.3. The van der Waals surface area contributed by atoms with E-state index in [1.54, 1.807) is 0 Å². The first-order chi connectivity index (χ1) is 45.7. The third-order valence-electron chi connectivity index (χ3n) is 18.3. The van der Waals surface area contributed by atoms with Crippen LogP contribution in [0.25, 0.3) is 0 Å². The first-order valence-electron chi connectivity index (χ1n) is 39.3. The number of hydrogen-bond donors (Lipinski definition) is 3. The van der Waals surface area contributed by atoms with Crippen molar-refractivity contribution < 1.29 is 80.2 Å². The normalized spacial score (nSPS) is 14.7. The first-order valence-corrected chi connectivity index (χ1v) is 42.3. The predicted molar refractivity (Wildman–Crippen MR) is 386 cm³/mol. The van der Waals surface area contributed by atoms with Crippen molar-refractivity contribution in [1.29, 1.82) is 0 Å². The maximum absolute atomic E-state index is 13.1. The van der Waals surface area contributed by atoms with Crippen LogP contribution in [0.3, 0.4) is 0 Å². The van der Waals surface area contributed by atoms with Crippen LogP contribution in [0.15, 0.2) is 0 Å². The van der Waals surface area contributed by atoms with Crippen LogP contribution in [0.5, 0.6) is 0 Å². The minimum Gasteiger partial charge on any atom is -0.462 e. The Morgan fingerprint density at radius 3 is 0.747 bits per heavy atom. The van der Waals surface area contributed by atoms with Crippen LogP contribution in [0.1, 0.15) is 383 Å². The summed E-state index contributed by atoms with van der Waals surface area (Å²) in [5.41, 5.74) is 0. The highest BCUT2D eigenvalue weighted by atomic mass is 31.2. The van der Waals surface area contributed by atoms with Gasteiger partial charge in [-0.05, 0) is 49.4 Å². The molecule has 0 rings (SSSR count). The summed E-state index contributed by atoms with van der Waals surface area (Å²) in [5.74, 6) is 0.976. The van der Waals surface area contributed by atoms with E-state index >= 15 is 0 Å². The van der Waals surface area contributed by atoms with Crippen molar-refractivity contribution in [2.45, 2.75) is 401 Å². The molecular formula is C76H148O17P2. The highest BCUT2D eigenvalue weighted by Gasteiger charge is 2.30. The van der Waals surface area contributed by atoms with Crippen LogP contribution in [0.2, 0.25) is 0 Å². The fraction of sp³-hybridized carbons (Fsp3) is 0.947. The minimum atomic E-state index is -4.96. The van der Waals surface area contributed by atoms with Crippen molar-refractivity contribution in [3.8, 4) is 0 Å². The van der Waals surface area contributed by atoms with Crippen molar-refractivity contribution in [2.24, 2.45) is 23.7 Å². The molecule has 0 aliphatic heterocycles. The molecule has 4 unspecified atom stereocenters. The van der Waals surface area contributed by atoms with E-state index in [0.29, 0.717) is 25.7 Å². The Hall–Kier alpha value is -1.94. The molecule has 7 atom stereocenters. The lowest BCUT2D eigenvalue weighted by Gasteiger charge is -2.21. The molecule has 0 radical (unpaired) electrons. The number of ether oxygens (including phenoxy) is 4. The SMILES string of the molecule is CCC(C)CCCCCCCCCCCCCCCCC(=O)OC[C@H](COP(=O)(O)OC[C@@H](O)COP(=O)(O)OC[C@@H](COC(=O)CCCCCCCCC(C)CC)OC(=O)CCCCCCCCCCCCC(C)C)OC(=O)CCCCCCCCCCCCCC(C)C. The molecular weight excluding hydrogens is 1250 g/mol. The molecule has 0 bridgehead atoms. The van der Waals surface area contributed by atoms with Crippen LogP contribution < -0.4 is 0 Å². The molecule has 17 nitrogen and oxygen atoms in total. The molecule has 0 fully saturated rings. The molecule has 0 aliphatic rings. The van der Waals surface area contributed by atoms with Gasteiger partial charge in [0.1, 0.15) is 19.3 Å². The zero-order valence-corrected chi connectivity index (χ0v) is 64.1. The highest BCUT2D eigenvalue weighted by Crippen LogP contribution is 2.45. The third-order valence-corrected chi connectivity index (χ3v) is 20.2. The molecule has 0 aliphatic carbocycles. The van der Waals surface area contributed by atoms with Crippen molar-refractivity contribution >= 4 is 39.5 Å². The summed E-state index contributed by atoms with van der Waals surface area (Å²) in [5, 5.41) is 10.6. The Kier molecular flexibility index (Phi) is 64.0. The van der Waals surface area contributed by atoms with E-state index in [-0.39, 0.29) is 25.7 Å². The molecule has 0 aromatic rings. The number of esters is 4. The maximum atomic E-state index is 13.1. The van der Waals surface area contributed by atoms with Gasteiger partial charge >= 0.3 is 39.5 Å². The van der Waals surface area contributed by atoms with Crippen molar-refractivity contribution in [1.82, 2.24) is 0 Å². The third kappa shape index (κ3) is 67.6. The average molecular weight is 1400 g/mol. The van der Waals surface area contributed by atoms with Gasteiger partial charge < -0.3 is 33.8 Å². The molecule has 0 spiro atoms. The van der Waals surface area contributed by atoms with Crippen LogP contribution in [-0.4, -0.2) is 96.7 Å². The van der Waals surface area contributed by atoms with Crippen LogP contribution in [0, 0.1) is 23.7 Å². The monoisotopic (exact) mass is 1400 g/mol. The van der Waals surface area contributed by atoms with E-state index in [2.05, 4.69) is 55.4 Å². The number of hydrogen-bond acceptors (Lipinski definition) is 15. The van der Waals surface area contributed by atoms with Gasteiger partial charge in [-0.3, -0.25) is 37.3 Å². The van der Waals surface area contributed by atoms with Gasteiger partial charge in [-0.15, -0.1) is 0 Å². The summed E-state index contributed by atoms with van der Waals surface area (Å²) in [6, 6.07) is 0. The molecule has 0 amide bonds. The topological polar surface area (TPSA) is 237 Å². The van der Waals surface area contributed by atoms with Gasteiger partial charge in [0.2, 0.25) is 0 Å². The summed E-state index contributed by atoms with van der Waals surface area (Å²) >= 11 is 0. The predicted octanol–water partition coefficient (Wildman–Crippen LogP) is 22.0. The standard InChI is InChI=1S/C76H148O17P2/c1-9-68(7)54-46-38-30-24-17-13-11-12-14-18-25-31-40-48-56-73(78)86-62-71(92-75(80)58-50-42-32-26-19-15-16-22-28-36-44-52-66(3)4)64-90-94(82,83)88-60-70(77)61-89-95(84,85)91-65-72(63-87-74(79)57-49-41-35-34-39-47-55-69(8)10-2)93-76(81)59-51-43-33-27-21-20-23-29-37-45-53-67(5)6/h66-72,77H,9-65H2,1-8H3,(H,82,83)(H,84,85)/t68?,69?,70-,71-,72-/m1/s1. The van der Waals surface area contributed by atoms with Crippen molar-refractivity contribution in [3.05, 3.63) is 0 Å². The number of aliphatic hydroxyl groups is 1. The van der Waals surface area contributed by atoms with E-state index in [1.165, 1.54) is 180 Å². The van der Waals surface area contributed by atoms with Crippen molar-refractivity contribution in [2.75, 3.05) is 39.6 Å². The quantitative estimate of drug-likeness (QED) is 0.0222. The lowest BCUT2D eigenvalue weighted by Crippen LogP contribution is -2.30. The van der Waals surface area contributed by atoms with E-state index < -0.39 is 97.5 Å². The number of aliphatic hydroxyl groups excluding tert-OH is 1. The second kappa shape index (κ2) is 65.4. The molecule has 95 heavy (non-hydrogen) atoms. The molecule has 0 aromatic heterocycles. The van der Waals surface area contributed by atoms with Gasteiger partial charge in [-0.2, -0.15) is 0 Å². The number of phosphoric acid groups is 2. The van der Waals surface area contributed by atoms with E-state index in [9.17, 15) is 43.2 Å². The summed E-state index contributed by atoms with van der Waals surface area (Å²) in [6.07, 6.45) is 49.9. The number of unbranched alkanes of at least 4 members (excludes halogenated alkanes) is 37. The number of carbonyl (C=O) groups excluding carboxylic acids is 4. The van der Waals surface area contributed by atoms with Gasteiger partial charge in [0.05, 0.1) is 26.4 Å². The molecule has 564 valence electrons.